The molecule has 5 aliphatic rings. The van der Waals surface area contributed by atoms with E-state index in [1.807, 2.05) is 13.8 Å². The Morgan fingerprint density at radius 3 is 2.79 bits per heavy atom. The molecule has 0 aromatic carbocycles. The Bertz CT molecular complexity index is 579. The lowest BCUT2D eigenvalue weighted by Gasteiger charge is -2.58. The molecule has 5 rings (SSSR count). The van der Waals surface area contributed by atoms with Crippen LogP contribution in [0.25, 0.3) is 0 Å². The predicted octanol–water partition coefficient (Wildman–Crippen LogP) is 2.35. The highest BCUT2D eigenvalue weighted by molar-refractivity contribution is 5.82. The quantitative estimate of drug-likeness (QED) is 0.777. The molecular formula is C17H25NO6. The van der Waals surface area contributed by atoms with Crippen LogP contribution in [0.15, 0.2) is 4.99 Å². The van der Waals surface area contributed by atoms with E-state index in [4.69, 9.17) is 24.4 Å². The zero-order valence-corrected chi connectivity index (χ0v) is 14.4. The first-order chi connectivity index (χ1) is 11.4. The van der Waals surface area contributed by atoms with Crippen LogP contribution < -0.4 is 0 Å². The Kier molecular flexibility index (Phi) is 3.67. The van der Waals surface area contributed by atoms with Crippen LogP contribution in [0.3, 0.4) is 0 Å². The highest BCUT2D eigenvalue weighted by Crippen LogP contribution is 2.59. The molecule has 0 radical (unpaired) electrons. The molecular weight excluding hydrogens is 314 g/mol. The van der Waals surface area contributed by atoms with Crippen molar-refractivity contribution >= 4 is 11.9 Å². The van der Waals surface area contributed by atoms with Crippen LogP contribution in [0.1, 0.15) is 46.5 Å². The summed E-state index contributed by atoms with van der Waals surface area (Å²) < 4.78 is 12.2. The number of aliphatic imine (C=N–C) groups is 1. The molecule has 0 aromatic heterocycles. The van der Waals surface area contributed by atoms with Gasteiger partial charge < -0.3 is 14.6 Å². The standard InChI is InChI=1S/C17H25NO6/c1-9-4-5-12-10(2)14(18-8-13(19)20)21-15-17(12)11(9)6-7-16(3,22-15)23-24-17/h9-12,15H,4-8H2,1-3H3,(H,19,20)/t9-,10-,11?,12?,15-,16-,17?/m1/s1. The van der Waals surface area contributed by atoms with Gasteiger partial charge in [0.25, 0.3) is 0 Å². The summed E-state index contributed by atoms with van der Waals surface area (Å²) in [7, 11) is 0. The first-order valence-corrected chi connectivity index (χ1v) is 8.83. The number of carboxylic acid groups (broad SMARTS) is 1. The monoisotopic (exact) mass is 339 g/mol. The van der Waals surface area contributed by atoms with Gasteiger partial charge in [-0.2, -0.15) is 0 Å². The van der Waals surface area contributed by atoms with Gasteiger partial charge in [0.15, 0.2) is 11.5 Å². The van der Waals surface area contributed by atoms with Gasteiger partial charge in [0.2, 0.25) is 12.1 Å². The second-order valence-electron chi connectivity index (χ2n) is 7.86. The molecule has 1 N–H and O–H groups in total. The first-order valence-electron chi connectivity index (χ1n) is 8.83. The third kappa shape index (κ3) is 2.21. The lowest BCUT2D eigenvalue weighted by atomic mass is 9.58. The minimum atomic E-state index is -0.969. The number of nitrogens with zero attached hydrogens (tertiary/aromatic N) is 1. The highest BCUT2D eigenvalue weighted by atomic mass is 17.3. The van der Waals surface area contributed by atoms with E-state index in [2.05, 4.69) is 11.9 Å². The minimum absolute atomic E-state index is 0.0229. The van der Waals surface area contributed by atoms with E-state index >= 15 is 0 Å². The maximum atomic E-state index is 10.9. The van der Waals surface area contributed by atoms with E-state index in [0.29, 0.717) is 17.7 Å². The van der Waals surface area contributed by atoms with Crippen LogP contribution in [-0.2, 0) is 24.0 Å². The summed E-state index contributed by atoms with van der Waals surface area (Å²) in [4.78, 5) is 26.8. The van der Waals surface area contributed by atoms with Gasteiger partial charge in [0, 0.05) is 24.2 Å². The molecule has 1 saturated carbocycles. The van der Waals surface area contributed by atoms with Gasteiger partial charge in [0.05, 0.1) is 0 Å². The van der Waals surface area contributed by atoms with Crippen LogP contribution in [0, 0.1) is 23.7 Å². The average molecular weight is 339 g/mol. The van der Waals surface area contributed by atoms with E-state index in [1.165, 1.54) is 0 Å². The van der Waals surface area contributed by atoms with Crippen molar-refractivity contribution in [2.24, 2.45) is 28.7 Å². The van der Waals surface area contributed by atoms with Gasteiger partial charge in [-0.05, 0) is 32.1 Å². The lowest BCUT2D eigenvalue weighted by molar-refractivity contribution is -0.557. The number of fused-ring (bicyclic) bond motifs is 2. The molecule has 134 valence electrons. The molecule has 24 heavy (non-hydrogen) atoms. The first kappa shape index (κ1) is 16.3. The molecule has 4 heterocycles. The van der Waals surface area contributed by atoms with Gasteiger partial charge in [0.1, 0.15) is 6.54 Å². The smallest absolute Gasteiger partial charge is 0.325 e. The van der Waals surface area contributed by atoms with Crippen molar-refractivity contribution in [1.29, 1.82) is 0 Å². The molecule has 1 spiro atoms. The third-order valence-electron chi connectivity index (χ3n) is 6.37. The van der Waals surface area contributed by atoms with E-state index in [1.54, 1.807) is 0 Å². The zero-order valence-electron chi connectivity index (χ0n) is 14.4. The van der Waals surface area contributed by atoms with Crippen LogP contribution >= 0.6 is 0 Å². The number of ether oxygens (including phenoxy) is 2. The van der Waals surface area contributed by atoms with E-state index in [0.717, 1.165) is 25.7 Å². The fraction of sp³-hybridized carbons (Fsp3) is 0.882. The summed E-state index contributed by atoms with van der Waals surface area (Å²) in [5.74, 6) is -0.401. The fourth-order valence-corrected chi connectivity index (χ4v) is 5.10. The van der Waals surface area contributed by atoms with Crippen molar-refractivity contribution in [2.75, 3.05) is 6.54 Å². The number of carbonyl (C=O) groups is 1. The number of aliphatic carboxylic acids is 1. The van der Waals surface area contributed by atoms with E-state index in [9.17, 15) is 4.79 Å². The summed E-state index contributed by atoms with van der Waals surface area (Å²) in [5.41, 5.74) is -0.630. The Morgan fingerprint density at radius 1 is 1.25 bits per heavy atom. The molecule has 1 aliphatic carbocycles. The summed E-state index contributed by atoms with van der Waals surface area (Å²) in [6.07, 6.45) is 3.21. The molecule has 0 aromatic rings. The van der Waals surface area contributed by atoms with Crippen LogP contribution in [-0.4, -0.2) is 41.2 Å². The van der Waals surface area contributed by atoms with Gasteiger partial charge in [-0.3, -0.25) is 4.79 Å². The maximum absolute atomic E-state index is 10.9. The van der Waals surface area contributed by atoms with Crippen molar-refractivity contribution in [3.05, 3.63) is 0 Å². The van der Waals surface area contributed by atoms with Crippen molar-refractivity contribution < 1.29 is 29.1 Å². The van der Waals surface area contributed by atoms with Crippen LogP contribution in [0.4, 0.5) is 0 Å². The fourth-order valence-electron chi connectivity index (χ4n) is 5.10. The Hall–Kier alpha value is -1.18. The molecule has 4 saturated heterocycles. The van der Waals surface area contributed by atoms with Crippen LogP contribution in [0.5, 0.6) is 0 Å². The largest absolute Gasteiger partial charge is 0.480 e. The Labute approximate surface area is 141 Å². The lowest BCUT2D eigenvalue weighted by Crippen LogP contribution is -2.69. The molecule has 5 fully saturated rings. The molecule has 7 atom stereocenters. The molecule has 7 heteroatoms. The second-order valence-corrected chi connectivity index (χ2v) is 7.86. The molecule has 2 bridgehead atoms. The zero-order chi connectivity index (χ0) is 17.1. The Balaban J connectivity index is 1.75. The second kappa shape index (κ2) is 5.41. The summed E-state index contributed by atoms with van der Waals surface area (Å²) >= 11 is 0. The Morgan fingerprint density at radius 2 is 2.04 bits per heavy atom. The van der Waals surface area contributed by atoms with Crippen LogP contribution in [0.2, 0.25) is 0 Å². The molecule has 3 unspecified atom stereocenters. The SMILES string of the molecule is C[C@@H]1CCC2[C@@H](C)C(=NCC(=O)O)O[C@@H]3O[C@@]4(C)CCC1C23OO4. The highest BCUT2D eigenvalue weighted by Gasteiger charge is 2.69. The third-order valence-corrected chi connectivity index (χ3v) is 6.37. The van der Waals surface area contributed by atoms with Gasteiger partial charge in [-0.25, -0.2) is 14.8 Å². The number of carboxylic acids is 1. The van der Waals surface area contributed by atoms with Gasteiger partial charge in [-0.15, -0.1) is 0 Å². The van der Waals surface area contributed by atoms with Gasteiger partial charge in [-0.1, -0.05) is 13.8 Å². The topological polar surface area (TPSA) is 86.6 Å². The molecule has 7 nitrogen and oxygen atoms in total. The average Bonchev–Trinajstić information content (AvgIpc) is 2.76. The van der Waals surface area contributed by atoms with Crippen molar-refractivity contribution in [2.45, 2.75) is 64.1 Å². The molecule has 0 amide bonds. The normalized spacial score (nSPS) is 51.6. The summed E-state index contributed by atoms with van der Waals surface area (Å²) in [6, 6.07) is 0. The van der Waals surface area contributed by atoms with Crippen molar-refractivity contribution in [3.8, 4) is 0 Å². The maximum Gasteiger partial charge on any atom is 0.325 e. The summed E-state index contributed by atoms with van der Waals surface area (Å²) in [6.45, 7) is 5.87. The van der Waals surface area contributed by atoms with E-state index in [-0.39, 0.29) is 18.4 Å². The minimum Gasteiger partial charge on any atom is -0.480 e. The molecule has 4 aliphatic heterocycles. The summed E-state index contributed by atoms with van der Waals surface area (Å²) in [5, 5.41) is 8.93. The number of hydrogen-bond donors (Lipinski definition) is 1. The van der Waals surface area contributed by atoms with Gasteiger partial charge >= 0.3 is 5.97 Å². The van der Waals surface area contributed by atoms with Crippen molar-refractivity contribution in [1.82, 2.24) is 0 Å². The van der Waals surface area contributed by atoms with E-state index < -0.39 is 23.6 Å². The number of rotatable bonds is 2. The predicted molar refractivity (Wildman–Crippen MR) is 83.0 cm³/mol. The van der Waals surface area contributed by atoms with Crippen molar-refractivity contribution in [3.63, 3.8) is 0 Å². The number of hydrogen-bond acceptors (Lipinski definition) is 6.